The minimum Gasteiger partial charge on any atom is -0.384 e. The van der Waals surface area contributed by atoms with Gasteiger partial charge in [-0.2, -0.15) is 5.10 Å². The fourth-order valence-corrected chi connectivity index (χ4v) is 6.31. The molecule has 1 fully saturated rings. The smallest absolute Gasteiger partial charge is 0.224 e. The summed E-state index contributed by atoms with van der Waals surface area (Å²) in [6.45, 7) is 1.51. The fourth-order valence-electron chi connectivity index (χ4n) is 6.31. The fraction of sp³-hybridized carbons (Fsp3) is 0.314. The molecule has 11 nitrogen and oxygen atoms in total. The molecule has 6 aromatic rings. The van der Waals surface area contributed by atoms with Crippen molar-refractivity contribution >= 4 is 39.5 Å². The Morgan fingerprint density at radius 2 is 1.79 bits per heavy atom. The Morgan fingerprint density at radius 1 is 0.957 bits per heavy atom. The van der Waals surface area contributed by atoms with Crippen molar-refractivity contribution in [1.82, 2.24) is 40.0 Å². The van der Waals surface area contributed by atoms with Gasteiger partial charge in [0.1, 0.15) is 11.5 Å². The summed E-state index contributed by atoms with van der Waals surface area (Å²) >= 11 is 0. The number of likely N-dealkylation sites (N-methyl/N-ethyl adjacent to an activating group) is 1. The predicted molar refractivity (Wildman–Crippen MR) is 182 cm³/mol. The first-order valence-corrected chi connectivity index (χ1v) is 16.0. The summed E-state index contributed by atoms with van der Waals surface area (Å²) in [6, 6.07) is 10.7. The maximum atomic E-state index is 14.7. The van der Waals surface area contributed by atoms with Gasteiger partial charge in [0.15, 0.2) is 17.1 Å². The number of benzene rings is 1. The van der Waals surface area contributed by atoms with Gasteiger partial charge in [-0.15, -0.1) is 0 Å². The highest BCUT2D eigenvalue weighted by atomic mass is 19.1. The number of imidazole rings is 1. The molecule has 0 unspecified atom stereocenters. The molecule has 0 spiro atoms. The van der Waals surface area contributed by atoms with Crippen LogP contribution in [0.25, 0.3) is 56.0 Å². The van der Waals surface area contributed by atoms with E-state index < -0.39 is 0 Å². The van der Waals surface area contributed by atoms with Gasteiger partial charge in [-0.05, 0) is 74.8 Å². The van der Waals surface area contributed by atoms with Crippen LogP contribution in [0.1, 0.15) is 38.5 Å². The number of amides is 1. The Kier molecular flexibility index (Phi) is 8.58. The van der Waals surface area contributed by atoms with Crippen LogP contribution in [0.15, 0.2) is 61.2 Å². The van der Waals surface area contributed by atoms with E-state index in [1.54, 1.807) is 24.8 Å². The molecule has 1 saturated carbocycles. The summed E-state index contributed by atoms with van der Waals surface area (Å²) in [7, 11) is 3.99. The predicted octanol–water partition coefficient (Wildman–Crippen LogP) is 6.65. The van der Waals surface area contributed by atoms with E-state index in [4.69, 9.17) is 4.98 Å². The minimum absolute atomic E-state index is 0.0227. The third-order valence-corrected chi connectivity index (χ3v) is 8.69. The topological polar surface area (TPSA) is 140 Å². The van der Waals surface area contributed by atoms with Crippen LogP contribution in [-0.2, 0) is 4.79 Å². The van der Waals surface area contributed by atoms with Crippen molar-refractivity contribution in [2.75, 3.05) is 37.8 Å². The zero-order valence-electron chi connectivity index (χ0n) is 26.5. The van der Waals surface area contributed by atoms with Gasteiger partial charge in [0, 0.05) is 60.5 Å². The van der Waals surface area contributed by atoms with Crippen molar-refractivity contribution in [3.8, 4) is 33.8 Å². The van der Waals surface area contributed by atoms with Crippen LogP contribution in [0.5, 0.6) is 0 Å². The monoisotopic (exact) mass is 632 g/mol. The molecule has 0 radical (unpaired) electrons. The molecule has 1 aliphatic carbocycles. The first-order valence-electron chi connectivity index (χ1n) is 16.0. The van der Waals surface area contributed by atoms with E-state index >= 15 is 0 Å². The Labute approximate surface area is 271 Å². The molecule has 5 aromatic heterocycles. The summed E-state index contributed by atoms with van der Waals surface area (Å²) < 4.78 is 14.7. The van der Waals surface area contributed by atoms with Gasteiger partial charge in [0.05, 0.1) is 22.8 Å². The van der Waals surface area contributed by atoms with Crippen LogP contribution < -0.4 is 10.6 Å². The molecule has 47 heavy (non-hydrogen) atoms. The number of H-pyrrole nitrogens is 2. The van der Waals surface area contributed by atoms with E-state index in [-0.39, 0.29) is 11.7 Å². The Balaban J connectivity index is 1.16. The number of hydrogen-bond donors (Lipinski definition) is 4. The van der Waals surface area contributed by atoms with Crippen LogP contribution >= 0.6 is 0 Å². The van der Waals surface area contributed by atoms with Crippen LogP contribution in [-0.4, -0.2) is 73.1 Å². The van der Waals surface area contributed by atoms with Crippen LogP contribution in [0.2, 0.25) is 0 Å². The summed E-state index contributed by atoms with van der Waals surface area (Å²) in [5.74, 6) is 0.676. The first kappa shape index (κ1) is 30.4. The molecule has 5 heterocycles. The molecule has 0 bridgehead atoms. The third-order valence-electron chi connectivity index (χ3n) is 8.69. The maximum absolute atomic E-state index is 14.7. The molecular weight excluding hydrogens is 595 g/mol. The van der Waals surface area contributed by atoms with Crippen molar-refractivity contribution in [1.29, 1.82) is 0 Å². The van der Waals surface area contributed by atoms with Gasteiger partial charge >= 0.3 is 0 Å². The van der Waals surface area contributed by atoms with E-state index in [1.165, 1.54) is 31.4 Å². The van der Waals surface area contributed by atoms with Gasteiger partial charge in [-0.3, -0.25) is 14.9 Å². The molecule has 7 rings (SSSR count). The average molecular weight is 633 g/mol. The number of halogens is 1. The first-order chi connectivity index (χ1) is 22.9. The number of fused-ring (bicyclic) bond motifs is 2. The number of pyridine rings is 3. The molecule has 240 valence electrons. The van der Waals surface area contributed by atoms with Crippen molar-refractivity contribution in [3.63, 3.8) is 0 Å². The van der Waals surface area contributed by atoms with E-state index in [1.807, 2.05) is 38.4 Å². The highest BCUT2D eigenvalue weighted by Crippen LogP contribution is 2.33. The molecule has 0 saturated heterocycles. The van der Waals surface area contributed by atoms with E-state index in [9.17, 15) is 9.18 Å². The lowest BCUT2D eigenvalue weighted by atomic mass is 9.87. The molecule has 1 amide bonds. The molecule has 4 N–H and O–H groups in total. The minimum atomic E-state index is -0.333. The standard InChI is InChI=1S/C35H37FN10O/c1-46(2)11-10-38-26-14-22(13-25(36)17-26)28-8-9-39-34-31(28)42-35(43-34)32-29-16-24(19-40-33(29)45-44-32)23-15-27(20-37-18-23)41-30(47)12-21-6-4-3-5-7-21/h8-9,13-21,38H,3-7,10-12H2,1-2H3,(H,41,47)(H,39,42,43)(H,40,44,45). The Hall–Kier alpha value is -5.23. The van der Waals surface area contributed by atoms with Crippen molar-refractivity contribution in [2.45, 2.75) is 38.5 Å². The maximum Gasteiger partial charge on any atom is 0.224 e. The lowest BCUT2D eigenvalue weighted by molar-refractivity contribution is -0.117. The number of carbonyl (C=O) groups excluding carboxylic acids is 1. The summed E-state index contributed by atoms with van der Waals surface area (Å²) in [6.07, 6.45) is 13.3. The summed E-state index contributed by atoms with van der Waals surface area (Å²) in [5.41, 5.74) is 6.83. The lowest BCUT2D eigenvalue weighted by Gasteiger charge is -2.20. The van der Waals surface area contributed by atoms with Crippen LogP contribution in [0.3, 0.4) is 0 Å². The van der Waals surface area contributed by atoms with Gasteiger partial charge < -0.3 is 20.5 Å². The molecule has 1 aliphatic rings. The Bertz CT molecular complexity index is 2050. The molecule has 1 aromatic carbocycles. The number of anilines is 2. The number of hydrogen-bond acceptors (Lipinski definition) is 8. The second-order valence-corrected chi connectivity index (χ2v) is 12.5. The molecule has 0 aliphatic heterocycles. The SMILES string of the molecule is CN(C)CCNc1cc(F)cc(-c2ccnc3nc(-c4[nH]nc5ncc(-c6cncc(NC(=O)CC7CCCCC7)c6)cc45)[nH]c23)c1. The molecule has 12 heteroatoms. The second-order valence-electron chi connectivity index (χ2n) is 12.5. The van der Waals surface area contributed by atoms with Crippen LogP contribution in [0, 0.1) is 11.7 Å². The van der Waals surface area contributed by atoms with E-state index in [0.29, 0.717) is 64.2 Å². The number of aromatic amines is 2. The van der Waals surface area contributed by atoms with Gasteiger partial charge in [0.2, 0.25) is 5.91 Å². The van der Waals surface area contributed by atoms with Gasteiger partial charge in [-0.1, -0.05) is 19.3 Å². The quantitative estimate of drug-likeness (QED) is 0.132. The third kappa shape index (κ3) is 6.82. The lowest BCUT2D eigenvalue weighted by Crippen LogP contribution is -2.20. The van der Waals surface area contributed by atoms with Gasteiger partial charge in [0.25, 0.3) is 0 Å². The highest BCUT2D eigenvalue weighted by molar-refractivity contribution is 5.97. The summed E-state index contributed by atoms with van der Waals surface area (Å²) in [5, 5.41) is 14.6. The Morgan fingerprint density at radius 3 is 2.64 bits per heavy atom. The molecule has 0 atom stereocenters. The average Bonchev–Trinajstić information content (AvgIpc) is 3.69. The van der Waals surface area contributed by atoms with E-state index in [2.05, 4.69) is 45.7 Å². The number of carbonyl (C=O) groups is 1. The second kappa shape index (κ2) is 13.2. The number of nitrogens with one attached hydrogen (secondary N) is 4. The number of nitrogens with zero attached hydrogens (tertiary/aromatic N) is 6. The molecular formula is C35H37FN10O. The zero-order chi connectivity index (χ0) is 32.3. The van der Waals surface area contributed by atoms with E-state index in [0.717, 1.165) is 41.5 Å². The number of aromatic nitrogens is 7. The van der Waals surface area contributed by atoms with Crippen molar-refractivity contribution < 1.29 is 9.18 Å². The van der Waals surface area contributed by atoms with Crippen LogP contribution in [0.4, 0.5) is 15.8 Å². The highest BCUT2D eigenvalue weighted by Gasteiger charge is 2.19. The van der Waals surface area contributed by atoms with Crippen molar-refractivity contribution in [3.05, 3.63) is 67.0 Å². The summed E-state index contributed by atoms with van der Waals surface area (Å²) in [4.78, 5) is 36.4. The zero-order valence-corrected chi connectivity index (χ0v) is 26.5. The number of rotatable bonds is 10. The largest absolute Gasteiger partial charge is 0.384 e. The van der Waals surface area contributed by atoms with Crippen molar-refractivity contribution in [2.24, 2.45) is 5.92 Å². The van der Waals surface area contributed by atoms with Gasteiger partial charge in [-0.25, -0.2) is 19.3 Å². The normalized spacial score (nSPS) is 13.9.